The number of benzene rings is 1. The highest BCUT2D eigenvalue weighted by atomic mass is 16.5. The highest BCUT2D eigenvalue weighted by Gasteiger charge is 2.18. The first-order chi connectivity index (χ1) is 9.21. The van der Waals surface area contributed by atoms with Crippen LogP contribution in [0.15, 0.2) is 18.2 Å². The number of hydrogen-bond donors (Lipinski definition) is 2. The molecule has 0 aliphatic carbocycles. The fourth-order valence-electron chi connectivity index (χ4n) is 2.65. The van der Waals surface area contributed by atoms with Gasteiger partial charge in [0.1, 0.15) is 5.75 Å². The molecule has 1 aromatic carbocycles. The number of nitrogens with one attached hydrogen (secondary N) is 1. The van der Waals surface area contributed by atoms with E-state index in [-0.39, 0.29) is 0 Å². The van der Waals surface area contributed by atoms with Gasteiger partial charge in [0.25, 0.3) is 0 Å². The minimum Gasteiger partial charge on any atom is -0.494 e. The Morgan fingerprint density at radius 2 is 2.21 bits per heavy atom. The monoisotopic (exact) mass is 263 g/mol. The molecule has 106 valence electrons. The summed E-state index contributed by atoms with van der Waals surface area (Å²) in [7, 11) is 0. The van der Waals surface area contributed by atoms with Gasteiger partial charge in [-0.1, -0.05) is 6.92 Å². The average Bonchev–Trinajstić information content (AvgIpc) is 2.38. The summed E-state index contributed by atoms with van der Waals surface area (Å²) in [4.78, 5) is 2.48. The van der Waals surface area contributed by atoms with Crippen LogP contribution in [0.2, 0.25) is 0 Å². The molecular weight excluding hydrogens is 238 g/mol. The molecular formula is C15H25N3O. The van der Waals surface area contributed by atoms with Gasteiger partial charge >= 0.3 is 0 Å². The summed E-state index contributed by atoms with van der Waals surface area (Å²) in [6.45, 7) is 8.31. The summed E-state index contributed by atoms with van der Waals surface area (Å²) >= 11 is 0. The summed E-state index contributed by atoms with van der Waals surface area (Å²) in [5.41, 5.74) is 7.73. The lowest BCUT2D eigenvalue weighted by atomic mass is 10.1. The van der Waals surface area contributed by atoms with E-state index in [0.717, 1.165) is 30.2 Å². The number of anilines is 2. The Morgan fingerprint density at radius 3 is 2.95 bits per heavy atom. The Kier molecular flexibility index (Phi) is 4.91. The number of likely N-dealkylation sites (tertiary alicyclic amines) is 1. The molecule has 0 bridgehead atoms. The van der Waals surface area contributed by atoms with Crippen LogP contribution < -0.4 is 15.8 Å². The number of piperidine rings is 1. The van der Waals surface area contributed by atoms with Crippen molar-refractivity contribution in [2.75, 3.05) is 37.3 Å². The lowest BCUT2D eigenvalue weighted by molar-refractivity contribution is 0.227. The van der Waals surface area contributed by atoms with E-state index in [9.17, 15) is 0 Å². The third kappa shape index (κ3) is 4.03. The summed E-state index contributed by atoms with van der Waals surface area (Å²) in [5.74, 6) is 0.841. The number of rotatable bonds is 5. The van der Waals surface area contributed by atoms with Crippen LogP contribution in [-0.2, 0) is 0 Å². The van der Waals surface area contributed by atoms with Gasteiger partial charge in [0.05, 0.1) is 6.61 Å². The zero-order valence-corrected chi connectivity index (χ0v) is 12.0. The smallest absolute Gasteiger partial charge is 0.123 e. The molecule has 1 fully saturated rings. The molecule has 1 aliphatic heterocycles. The predicted octanol–water partition coefficient (Wildman–Crippen LogP) is 2.56. The molecule has 0 saturated carbocycles. The quantitative estimate of drug-likeness (QED) is 0.802. The minimum atomic E-state index is 0.505. The zero-order valence-electron chi connectivity index (χ0n) is 12.0. The van der Waals surface area contributed by atoms with E-state index in [1.165, 1.54) is 19.4 Å². The van der Waals surface area contributed by atoms with Crippen LogP contribution in [0.3, 0.4) is 0 Å². The van der Waals surface area contributed by atoms with Crippen molar-refractivity contribution in [2.24, 2.45) is 0 Å². The van der Waals surface area contributed by atoms with Crippen LogP contribution in [-0.4, -0.2) is 37.2 Å². The van der Waals surface area contributed by atoms with E-state index in [2.05, 4.69) is 17.1 Å². The molecule has 1 aliphatic rings. The van der Waals surface area contributed by atoms with E-state index in [1.807, 2.05) is 25.1 Å². The molecule has 0 aromatic heterocycles. The maximum Gasteiger partial charge on any atom is 0.123 e. The Bertz CT molecular complexity index is 408. The fraction of sp³-hybridized carbons (Fsp3) is 0.600. The molecule has 19 heavy (non-hydrogen) atoms. The standard InChI is InChI=1S/C15H25N3O/c1-3-18-7-5-6-13(11-18)17-14-8-12(16)9-15(10-14)19-4-2/h8-10,13,17H,3-7,11,16H2,1-2H3. The predicted molar refractivity (Wildman–Crippen MR) is 80.8 cm³/mol. The van der Waals surface area contributed by atoms with Crippen LogP contribution in [0.5, 0.6) is 5.75 Å². The van der Waals surface area contributed by atoms with E-state index >= 15 is 0 Å². The summed E-state index contributed by atoms with van der Waals surface area (Å²) in [6, 6.07) is 6.39. The van der Waals surface area contributed by atoms with Gasteiger partial charge in [-0.3, -0.25) is 0 Å². The zero-order chi connectivity index (χ0) is 13.7. The van der Waals surface area contributed by atoms with E-state index in [1.54, 1.807) is 0 Å². The second-order valence-corrected chi connectivity index (χ2v) is 5.10. The molecule has 1 atom stereocenters. The van der Waals surface area contributed by atoms with Gasteiger partial charge in [0.2, 0.25) is 0 Å². The van der Waals surface area contributed by atoms with Crippen molar-refractivity contribution >= 4 is 11.4 Å². The largest absolute Gasteiger partial charge is 0.494 e. The number of nitrogens with zero attached hydrogens (tertiary/aromatic N) is 1. The third-order valence-electron chi connectivity index (χ3n) is 3.56. The average molecular weight is 263 g/mol. The first-order valence-electron chi connectivity index (χ1n) is 7.23. The van der Waals surface area contributed by atoms with E-state index < -0.39 is 0 Å². The molecule has 0 amide bonds. The van der Waals surface area contributed by atoms with E-state index in [4.69, 9.17) is 10.5 Å². The summed E-state index contributed by atoms with van der Waals surface area (Å²) in [5, 5.41) is 3.58. The maximum absolute atomic E-state index is 5.92. The van der Waals surface area contributed by atoms with Crippen LogP contribution in [0.1, 0.15) is 26.7 Å². The maximum atomic E-state index is 5.92. The van der Waals surface area contributed by atoms with Crippen LogP contribution >= 0.6 is 0 Å². The third-order valence-corrected chi connectivity index (χ3v) is 3.56. The van der Waals surface area contributed by atoms with Crippen molar-refractivity contribution in [3.05, 3.63) is 18.2 Å². The number of ether oxygens (including phenoxy) is 1. The fourth-order valence-corrected chi connectivity index (χ4v) is 2.65. The van der Waals surface area contributed by atoms with Crippen molar-refractivity contribution < 1.29 is 4.74 Å². The Balaban J connectivity index is 2.01. The molecule has 1 aromatic rings. The molecule has 1 saturated heterocycles. The molecule has 1 unspecified atom stereocenters. The highest BCUT2D eigenvalue weighted by Crippen LogP contribution is 2.24. The van der Waals surface area contributed by atoms with Gasteiger partial charge in [-0.2, -0.15) is 0 Å². The second-order valence-electron chi connectivity index (χ2n) is 5.10. The number of hydrogen-bond acceptors (Lipinski definition) is 4. The molecule has 2 rings (SSSR count). The topological polar surface area (TPSA) is 50.5 Å². The first kappa shape index (κ1) is 14.0. The van der Waals surface area contributed by atoms with Crippen molar-refractivity contribution in [3.63, 3.8) is 0 Å². The van der Waals surface area contributed by atoms with Gasteiger partial charge in [-0.15, -0.1) is 0 Å². The lowest BCUT2D eigenvalue weighted by Crippen LogP contribution is -2.41. The molecule has 0 spiro atoms. The summed E-state index contributed by atoms with van der Waals surface area (Å²) in [6.07, 6.45) is 2.47. The normalized spacial score (nSPS) is 20.2. The van der Waals surface area contributed by atoms with Crippen molar-refractivity contribution in [1.82, 2.24) is 4.90 Å². The molecule has 3 N–H and O–H groups in total. The number of nitrogens with two attached hydrogens (primary N) is 1. The first-order valence-corrected chi connectivity index (χ1v) is 7.23. The van der Waals surface area contributed by atoms with Crippen molar-refractivity contribution in [2.45, 2.75) is 32.7 Å². The van der Waals surface area contributed by atoms with Gasteiger partial charge in [-0.25, -0.2) is 0 Å². The minimum absolute atomic E-state index is 0.505. The molecule has 4 heteroatoms. The second kappa shape index (κ2) is 6.66. The van der Waals surface area contributed by atoms with Crippen LogP contribution in [0.25, 0.3) is 0 Å². The molecule has 4 nitrogen and oxygen atoms in total. The van der Waals surface area contributed by atoms with Crippen LogP contribution in [0.4, 0.5) is 11.4 Å². The Morgan fingerprint density at radius 1 is 1.37 bits per heavy atom. The molecule has 1 heterocycles. The highest BCUT2D eigenvalue weighted by molar-refractivity contribution is 5.59. The van der Waals surface area contributed by atoms with Gasteiger partial charge in [0.15, 0.2) is 0 Å². The van der Waals surface area contributed by atoms with Gasteiger partial charge in [-0.05, 0) is 38.9 Å². The Hall–Kier alpha value is -1.42. The van der Waals surface area contributed by atoms with Gasteiger partial charge < -0.3 is 20.7 Å². The van der Waals surface area contributed by atoms with E-state index in [0.29, 0.717) is 12.6 Å². The van der Waals surface area contributed by atoms with Crippen molar-refractivity contribution in [1.29, 1.82) is 0 Å². The number of nitrogen functional groups attached to an aromatic ring is 1. The van der Waals surface area contributed by atoms with Gasteiger partial charge in [0, 0.05) is 36.1 Å². The molecule has 0 radical (unpaired) electrons. The SMILES string of the molecule is CCOc1cc(N)cc(NC2CCCN(CC)C2)c1. The lowest BCUT2D eigenvalue weighted by Gasteiger charge is -2.33. The van der Waals surface area contributed by atoms with Crippen molar-refractivity contribution in [3.8, 4) is 5.75 Å². The number of likely N-dealkylation sites (N-methyl/N-ethyl adjacent to an activating group) is 1. The summed E-state index contributed by atoms with van der Waals surface area (Å²) < 4.78 is 5.53. The Labute approximate surface area is 115 Å². The van der Waals surface area contributed by atoms with Crippen LogP contribution in [0, 0.1) is 0 Å².